The van der Waals surface area contributed by atoms with Gasteiger partial charge >= 0.3 is 0 Å². The number of benzene rings is 1. The fourth-order valence-corrected chi connectivity index (χ4v) is 7.06. The summed E-state index contributed by atoms with van der Waals surface area (Å²) in [4.78, 5) is 40.2. The number of amides is 2. The van der Waals surface area contributed by atoms with E-state index in [1.807, 2.05) is 0 Å². The fourth-order valence-electron chi connectivity index (χ4n) is 6.13. The lowest BCUT2D eigenvalue weighted by molar-refractivity contribution is -0.117. The van der Waals surface area contributed by atoms with Crippen molar-refractivity contribution in [1.29, 1.82) is 0 Å². The van der Waals surface area contributed by atoms with E-state index in [0.717, 1.165) is 50.6 Å². The number of rotatable bonds is 7. The fraction of sp³-hybridized carbons (Fsp3) is 0.552. The number of carbonyl (C=O) groups excluding carboxylic acids is 3. The Bertz CT molecular complexity index is 1260. The van der Waals surface area contributed by atoms with Crippen LogP contribution in [0.1, 0.15) is 101 Å². The third-order valence-electron chi connectivity index (χ3n) is 8.22. The maximum absolute atomic E-state index is 13.8. The van der Waals surface area contributed by atoms with Crippen molar-refractivity contribution in [1.82, 2.24) is 9.88 Å². The highest BCUT2D eigenvalue weighted by molar-refractivity contribution is 7.84. The maximum Gasteiger partial charge on any atom is 0.294 e. The van der Waals surface area contributed by atoms with Crippen LogP contribution in [0.2, 0.25) is 0 Å². The third-order valence-corrected chi connectivity index (χ3v) is 9.63. The van der Waals surface area contributed by atoms with Crippen molar-refractivity contribution in [3.63, 3.8) is 0 Å². The highest BCUT2D eigenvalue weighted by Gasteiger charge is 2.34. The van der Waals surface area contributed by atoms with Crippen molar-refractivity contribution in [3.05, 3.63) is 52.1 Å². The summed E-state index contributed by atoms with van der Waals surface area (Å²) in [7, 11) is 0.874. The number of ketones is 1. The molecule has 0 bridgehead atoms. The molecule has 1 aromatic heterocycles. The molecule has 0 saturated heterocycles. The molecule has 0 radical (unpaired) electrons. The number of halogens is 1. The van der Waals surface area contributed by atoms with Gasteiger partial charge in [-0.2, -0.15) is 0 Å². The van der Waals surface area contributed by atoms with Gasteiger partial charge in [-0.05, 0) is 81.7 Å². The first-order valence-electron chi connectivity index (χ1n) is 13.5. The van der Waals surface area contributed by atoms with Crippen molar-refractivity contribution >= 4 is 34.1 Å². The average molecular weight is 544 g/mol. The molecule has 2 aliphatic rings. The van der Waals surface area contributed by atoms with Gasteiger partial charge in [0, 0.05) is 52.7 Å². The van der Waals surface area contributed by atoms with Crippen molar-refractivity contribution in [2.75, 3.05) is 11.6 Å². The Labute approximate surface area is 226 Å². The van der Waals surface area contributed by atoms with Crippen molar-refractivity contribution in [2.24, 2.45) is 7.05 Å². The first kappa shape index (κ1) is 28.2. The van der Waals surface area contributed by atoms with Gasteiger partial charge in [0.2, 0.25) is 0 Å². The monoisotopic (exact) mass is 543 g/mol. The van der Waals surface area contributed by atoms with Crippen LogP contribution in [-0.4, -0.2) is 43.9 Å². The Morgan fingerprint density at radius 2 is 1.66 bits per heavy atom. The smallest absolute Gasteiger partial charge is 0.294 e. The zero-order valence-electron chi connectivity index (χ0n) is 22.7. The average Bonchev–Trinajstić information content (AvgIpc) is 3.16. The SMILES string of the molecule is Cc1cc(NC(=O)c2c(C)c(C(=O)C(=O)NC3CCC(S(C)=O)CC3)n(C)c2C2CCCCC2)ccc1F. The molecule has 2 amide bonds. The van der Waals surface area contributed by atoms with Crippen molar-refractivity contribution in [3.8, 4) is 0 Å². The molecule has 206 valence electrons. The molecule has 4 rings (SSSR count). The molecule has 2 N–H and O–H groups in total. The Morgan fingerprint density at radius 1 is 1.00 bits per heavy atom. The second-order valence-corrected chi connectivity index (χ2v) is 12.5. The highest BCUT2D eigenvalue weighted by Crippen LogP contribution is 2.38. The molecule has 7 nitrogen and oxygen atoms in total. The van der Waals surface area contributed by atoms with E-state index >= 15 is 0 Å². The van der Waals surface area contributed by atoms with Crippen LogP contribution in [-0.2, 0) is 22.6 Å². The standard InChI is InChI=1S/C29H38FN3O4S/c1-17-16-21(12-15-23(17)30)32-28(35)24-18(2)25(33(3)26(24)19-8-6-5-7-9-19)27(34)29(36)31-20-10-13-22(14-11-20)38(4)37/h12,15-16,19-20,22H,5-11,13-14H2,1-4H3,(H,31,36)(H,32,35). The van der Waals surface area contributed by atoms with Crippen molar-refractivity contribution in [2.45, 2.75) is 88.8 Å². The molecule has 2 fully saturated rings. The number of Topliss-reactive ketones (excluding diaryl/α,β-unsaturated/α-hetero) is 1. The number of aryl methyl sites for hydroxylation is 1. The highest BCUT2D eigenvalue weighted by atomic mass is 32.2. The van der Waals surface area contributed by atoms with Gasteiger partial charge in [0.25, 0.3) is 17.6 Å². The number of nitrogens with zero attached hydrogens (tertiary/aromatic N) is 1. The summed E-state index contributed by atoms with van der Waals surface area (Å²) < 4.78 is 27.3. The van der Waals surface area contributed by atoms with Crippen LogP contribution in [0.5, 0.6) is 0 Å². The minimum Gasteiger partial charge on any atom is -0.346 e. The molecule has 2 aromatic rings. The van der Waals surface area contributed by atoms with Gasteiger partial charge in [-0.3, -0.25) is 18.6 Å². The third kappa shape index (κ3) is 5.92. The number of anilines is 1. The zero-order valence-corrected chi connectivity index (χ0v) is 23.5. The summed E-state index contributed by atoms with van der Waals surface area (Å²) in [5.41, 5.74) is 2.80. The van der Waals surface area contributed by atoms with Gasteiger partial charge in [0.1, 0.15) is 5.82 Å². The minimum atomic E-state index is -0.888. The number of nitrogens with one attached hydrogen (secondary N) is 2. The van der Waals surface area contributed by atoms with Crippen LogP contribution in [0.25, 0.3) is 0 Å². The van der Waals surface area contributed by atoms with E-state index in [4.69, 9.17) is 0 Å². The van der Waals surface area contributed by atoms with Gasteiger partial charge < -0.3 is 15.2 Å². The molecule has 1 atom stereocenters. The molecule has 1 heterocycles. The molecular weight excluding hydrogens is 505 g/mol. The van der Waals surface area contributed by atoms with Gasteiger partial charge in [-0.1, -0.05) is 19.3 Å². The maximum atomic E-state index is 13.8. The lowest BCUT2D eigenvalue weighted by Crippen LogP contribution is -2.43. The van der Waals surface area contributed by atoms with Crippen LogP contribution in [0.4, 0.5) is 10.1 Å². The van der Waals surface area contributed by atoms with Gasteiger partial charge in [0.05, 0.1) is 11.3 Å². The molecule has 38 heavy (non-hydrogen) atoms. The Morgan fingerprint density at radius 3 is 2.26 bits per heavy atom. The quantitative estimate of drug-likeness (QED) is 0.376. The minimum absolute atomic E-state index is 0.109. The molecule has 2 aliphatic carbocycles. The van der Waals surface area contributed by atoms with E-state index in [1.165, 1.54) is 12.1 Å². The van der Waals surface area contributed by atoms with Crippen LogP contribution in [0, 0.1) is 19.7 Å². The number of hydrogen-bond acceptors (Lipinski definition) is 4. The lowest BCUT2D eigenvalue weighted by Gasteiger charge is -2.27. The first-order valence-corrected chi connectivity index (χ1v) is 15.1. The topological polar surface area (TPSA) is 97.3 Å². The summed E-state index contributed by atoms with van der Waals surface area (Å²) in [6.45, 7) is 3.36. The van der Waals surface area contributed by atoms with Crippen LogP contribution >= 0.6 is 0 Å². The molecule has 0 spiro atoms. The molecule has 9 heteroatoms. The first-order chi connectivity index (χ1) is 18.1. The second-order valence-electron chi connectivity index (χ2n) is 10.8. The van der Waals surface area contributed by atoms with Crippen LogP contribution in [0.15, 0.2) is 18.2 Å². The Kier molecular flexibility index (Phi) is 8.85. The number of hydrogen-bond donors (Lipinski definition) is 2. The molecule has 1 unspecified atom stereocenters. The summed E-state index contributed by atoms with van der Waals surface area (Å²) in [5.74, 6) is -1.93. The van der Waals surface area contributed by atoms with Crippen LogP contribution < -0.4 is 10.6 Å². The predicted octanol–water partition coefficient (Wildman–Crippen LogP) is 5.07. The van der Waals surface area contributed by atoms with Gasteiger partial charge in [0.15, 0.2) is 0 Å². The van der Waals surface area contributed by atoms with Crippen molar-refractivity contribution < 1.29 is 23.0 Å². The van der Waals surface area contributed by atoms with Gasteiger partial charge in [-0.25, -0.2) is 4.39 Å². The predicted molar refractivity (Wildman–Crippen MR) is 148 cm³/mol. The van der Waals surface area contributed by atoms with E-state index in [2.05, 4.69) is 10.6 Å². The Hall–Kier alpha value is -2.81. The molecule has 2 saturated carbocycles. The summed E-state index contributed by atoms with van der Waals surface area (Å²) in [6.07, 6.45) is 9.64. The van der Waals surface area contributed by atoms with E-state index in [-0.39, 0.29) is 34.6 Å². The largest absolute Gasteiger partial charge is 0.346 e. The van der Waals surface area contributed by atoms with E-state index < -0.39 is 22.5 Å². The molecule has 0 aliphatic heterocycles. The zero-order chi connectivity index (χ0) is 27.6. The lowest BCUT2D eigenvalue weighted by atomic mass is 9.85. The summed E-state index contributed by atoms with van der Waals surface area (Å²) >= 11 is 0. The normalized spacial score (nSPS) is 21.1. The van der Waals surface area contributed by atoms with Crippen LogP contribution in [0.3, 0.4) is 0 Å². The number of carbonyl (C=O) groups is 3. The van der Waals surface area contributed by atoms with E-state index in [1.54, 1.807) is 37.8 Å². The molecule has 1 aromatic carbocycles. The van der Waals surface area contributed by atoms with E-state index in [0.29, 0.717) is 35.2 Å². The molecular formula is C29H38FN3O4S. The Balaban J connectivity index is 1.62. The second kappa shape index (κ2) is 11.9. The summed E-state index contributed by atoms with van der Waals surface area (Å²) in [5, 5.41) is 5.90. The summed E-state index contributed by atoms with van der Waals surface area (Å²) in [6, 6.07) is 4.28. The van der Waals surface area contributed by atoms with E-state index in [9.17, 15) is 23.0 Å². The number of aromatic nitrogens is 1. The van der Waals surface area contributed by atoms with Gasteiger partial charge in [-0.15, -0.1) is 0 Å².